The zero-order valence-electron chi connectivity index (χ0n) is 24.1. The molecule has 0 atom stereocenters. The van der Waals surface area contributed by atoms with Gasteiger partial charge < -0.3 is 18.9 Å². The number of methoxy groups -OCH3 is 2. The lowest BCUT2D eigenvalue weighted by atomic mass is 9.86. The molecule has 4 aromatic carbocycles. The second-order valence-electron chi connectivity index (χ2n) is 10.1. The van der Waals surface area contributed by atoms with Crippen LogP contribution in [0.5, 0.6) is 23.0 Å². The van der Waals surface area contributed by atoms with Gasteiger partial charge in [0.25, 0.3) is 0 Å². The average molecular weight is 583 g/mol. The van der Waals surface area contributed by atoms with Gasteiger partial charge in [-0.05, 0) is 91.1 Å². The molecule has 0 aliphatic heterocycles. The van der Waals surface area contributed by atoms with Gasteiger partial charge in [-0.25, -0.2) is 8.78 Å². The summed E-state index contributed by atoms with van der Waals surface area (Å²) in [5, 5.41) is 0. The Hall–Kier alpha value is -4.91. The van der Waals surface area contributed by atoms with Crippen molar-refractivity contribution in [3.8, 4) is 23.0 Å². The molecule has 0 aromatic heterocycles. The molecule has 5 rings (SSSR count). The van der Waals surface area contributed by atoms with Crippen LogP contribution in [0.25, 0.3) is 12.2 Å². The highest BCUT2D eigenvalue weighted by Crippen LogP contribution is 2.31. The summed E-state index contributed by atoms with van der Waals surface area (Å²) in [5.74, 6) is 0.664. The fourth-order valence-corrected chi connectivity index (χ4v) is 5.02. The second-order valence-corrected chi connectivity index (χ2v) is 10.1. The van der Waals surface area contributed by atoms with Crippen LogP contribution in [0.2, 0.25) is 0 Å². The lowest BCUT2D eigenvalue weighted by Gasteiger charge is -2.18. The minimum absolute atomic E-state index is 0.00815. The van der Waals surface area contributed by atoms with E-state index < -0.39 is 11.6 Å². The molecule has 5 nitrogen and oxygen atoms in total. The van der Waals surface area contributed by atoms with Gasteiger partial charge in [0.05, 0.1) is 14.2 Å². The quantitative estimate of drug-likeness (QED) is 0.176. The highest BCUT2D eigenvalue weighted by atomic mass is 19.1. The zero-order valence-corrected chi connectivity index (χ0v) is 24.1. The summed E-state index contributed by atoms with van der Waals surface area (Å²) in [7, 11) is 3.14. The Labute approximate surface area is 250 Å². The molecule has 0 unspecified atom stereocenters. The van der Waals surface area contributed by atoms with Crippen molar-refractivity contribution in [2.75, 3.05) is 14.2 Å². The van der Waals surface area contributed by atoms with Gasteiger partial charge in [0.15, 0.2) is 28.9 Å². The molecule has 7 heteroatoms. The molecule has 1 aliphatic rings. The third kappa shape index (κ3) is 7.30. The molecule has 0 amide bonds. The van der Waals surface area contributed by atoms with Gasteiger partial charge in [-0.2, -0.15) is 0 Å². The molecule has 0 N–H and O–H groups in total. The van der Waals surface area contributed by atoms with Crippen molar-refractivity contribution in [1.29, 1.82) is 0 Å². The number of para-hydroxylation sites is 2. The molecule has 0 spiro atoms. The normalized spacial score (nSPS) is 15.0. The van der Waals surface area contributed by atoms with Gasteiger partial charge in [-0.3, -0.25) is 4.79 Å². The summed E-state index contributed by atoms with van der Waals surface area (Å²) in [5.41, 5.74) is 4.55. The molecule has 0 heterocycles. The number of halogens is 2. The van der Waals surface area contributed by atoms with Crippen LogP contribution >= 0.6 is 0 Å². The number of hydrogen-bond donors (Lipinski definition) is 0. The number of Topliss-reactive ketones (excluding diaryl/α,β-unsaturated/α-hetero) is 1. The summed E-state index contributed by atoms with van der Waals surface area (Å²) >= 11 is 0. The van der Waals surface area contributed by atoms with E-state index in [1.165, 1.54) is 12.1 Å². The van der Waals surface area contributed by atoms with E-state index in [0.717, 1.165) is 28.7 Å². The van der Waals surface area contributed by atoms with E-state index in [4.69, 9.17) is 18.9 Å². The Kier molecular flexibility index (Phi) is 9.52. The van der Waals surface area contributed by atoms with Crippen molar-refractivity contribution in [3.63, 3.8) is 0 Å². The molecule has 0 saturated heterocycles. The average Bonchev–Trinajstić information content (AvgIpc) is 3.02. The van der Waals surface area contributed by atoms with Gasteiger partial charge in [0, 0.05) is 22.3 Å². The van der Waals surface area contributed by atoms with Crippen LogP contribution in [-0.2, 0) is 18.0 Å². The van der Waals surface area contributed by atoms with Gasteiger partial charge >= 0.3 is 0 Å². The standard InChI is InChI=1S/C36H32F2O5/c1-40-32-16-14-24(20-28(32)22-42-34-12-5-3-10-30(34)37)18-26-8-7-9-27(36(26)39)19-25-15-17-33(41-2)29(21-25)23-43-35-13-6-4-11-31(35)38/h3-6,10-21H,7-9,22-23H2,1-2H3. The lowest BCUT2D eigenvalue weighted by Crippen LogP contribution is -2.12. The molecule has 1 aliphatic carbocycles. The molecule has 1 fully saturated rings. The number of rotatable bonds is 10. The first-order valence-electron chi connectivity index (χ1n) is 14.0. The fourth-order valence-electron chi connectivity index (χ4n) is 5.02. The number of carbonyl (C=O) groups excluding carboxylic acids is 1. The Balaban J connectivity index is 1.34. The van der Waals surface area contributed by atoms with Crippen molar-refractivity contribution < 1.29 is 32.5 Å². The van der Waals surface area contributed by atoms with E-state index in [-0.39, 0.29) is 30.5 Å². The summed E-state index contributed by atoms with van der Waals surface area (Å²) in [6, 6.07) is 23.7. The first-order valence-corrected chi connectivity index (χ1v) is 14.0. The van der Waals surface area contributed by atoms with Crippen molar-refractivity contribution in [3.05, 3.63) is 130 Å². The maximum atomic E-state index is 14.0. The van der Waals surface area contributed by atoms with Crippen LogP contribution < -0.4 is 18.9 Å². The molecule has 220 valence electrons. The molecular formula is C36H32F2O5. The Morgan fingerprint density at radius 3 is 1.49 bits per heavy atom. The van der Waals surface area contributed by atoms with Crippen molar-refractivity contribution in [1.82, 2.24) is 0 Å². The smallest absolute Gasteiger partial charge is 0.185 e. The van der Waals surface area contributed by atoms with Crippen molar-refractivity contribution in [2.24, 2.45) is 0 Å². The maximum Gasteiger partial charge on any atom is 0.185 e. The molecule has 43 heavy (non-hydrogen) atoms. The molecule has 0 bridgehead atoms. The van der Waals surface area contributed by atoms with Crippen LogP contribution in [0, 0.1) is 11.6 Å². The van der Waals surface area contributed by atoms with E-state index >= 15 is 0 Å². The van der Waals surface area contributed by atoms with E-state index in [9.17, 15) is 13.6 Å². The summed E-state index contributed by atoms with van der Waals surface area (Å²) in [6.45, 7) is 0.224. The van der Waals surface area contributed by atoms with E-state index in [2.05, 4.69) is 0 Å². The summed E-state index contributed by atoms with van der Waals surface area (Å²) in [4.78, 5) is 13.5. The first kappa shape index (κ1) is 29.6. The Morgan fingerprint density at radius 1 is 0.628 bits per heavy atom. The number of benzene rings is 4. The van der Waals surface area contributed by atoms with Crippen LogP contribution in [0.3, 0.4) is 0 Å². The number of allylic oxidation sites excluding steroid dienone is 2. The number of ether oxygens (including phenoxy) is 4. The number of hydrogen-bond acceptors (Lipinski definition) is 5. The van der Waals surface area contributed by atoms with Crippen molar-refractivity contribution >= 4 is 17.9 Å². The van der Waals surface area contributed by atoms with Crippen molar-refractivity contribution in [2.45, 2.75) is 32.5 Å². The van der Waals surface area contributed by atoms with E-state index in [1.54, 1.807) is 50.6 Å². The van der Waals surface area contributed by atoms with E-state index in [1.807, 2.05) is 48.6 Å². The predicted molar refractivity (Wildman–Crippen MR) is 162 cm³/mol. The maximum absolute atomic E-state index is 14.0. The first-order chi connectivity index (χ1) is 20.9. The lowest BCUT2D eigenvalue weighted by molar-refractivity contribution is -0.112. The Bertz CT molecular complexity index is 1550. The molecular weight excluding hydrogens is 550 g/mol. The van der Waals surface area contributed by atoms with Gasteiger partial charge in [0.2, 0.25) is 0 Å². The topological polar surface area (TPSA) is 54.0 Å². The molecule has 4 aromatic rings. The van der Waals surface area contributed by atoms with E-state index in [0.29, 0.717) is 35.5 Å². The minimum atomic E-state index is -0.437. The minimum Gasteiger partial charge on any atom is -0.496 e. The van der Waals surface area contributed by atoms with Crippen LogP contribution in [0.4, 0.5) is 8.78 Å². The molecule has 1 saturated carbocycles. The highest BCUT2D eigenvalue weighted by Gasteiger charge is 2.21. The fraction of sp³-hybridized carbons (Fsp3) is 0.194. The second kappa shape index (κ2) is 13.8. The monoisotopic (exact) mass is 582 g/mol. The van der Waals surface area contributed by atoms with Gasteiger partial charge in [-0.15, -0.1) is 0 Å². The van der Waals surface area contributed by atoms with Gasteiger partial charge in [-0.1, -0.05) is 36.4 Å². The zero-order chi connectivity index (χ0) is 30.2. The highest BCUT2D eigenvalue weighted by molar-refractivity contribution is 6.14. The predicted octanol–water partition coefficient (Wildman–Crippen LogP) is 8.36. The summed E-state index contributed by atoms with van der Waals surface area (Å²) in [6.07, 6.45) is 5.94. The van der Waals surface area contributed by atoms with Gasteiger partial charge in [0.1, 0.15) is 24.7 Å². The van der Waals surface area contributed by atoms with Crippen LogP contribution in [0.15, 0.2) is 96.1 Å². The number of carbonyl (C=O) groups is 1. The Morgan fingerprint density at radius 2 is 1.07 bits per heavy atom. The number of ketones is 1. The third-order valence-electron chi connectivity index (χ3n) is 7.21. The largest absolute Gasteiger partial charge is 0.496 e. The molecule has 0 radical (unpaired) electrons. The SMILES string of the molecule is COc1ccc(C=C2CCCC(=Cc3ccc(OC)c(COc4ccccc4F)c3)C2=O)cc1COc1ccccc1F. The van der Waals surface area contributed by atoms with Crippen LogP contribution in [-0.4, -0.2) is 20.0 Å². The summed E-state index contributed by atoms with van der Waals surface area (Å²) < 4.78 is 50.5. The van der Waals surface area contributed by atoms with Crippen LogP contribution in [0.1, 0.15) is 41.5 Å². The third-order valence-corrected chi connectivity index (χ3v) is 7.21.